The van der Waals surface area contributed by atoms with Crippen LogP contribution in [0, 0.1) is 0 Å². The van der Waals surface area contributed by atoms with Crippen LogP contribution in [0.5, 0.6) is 11.5 Å². The third-order valence-corrected chi connectivity index (χ3v) is 10.8. The van der Waals surface area contributed by atoms with Crippen LogP contribution in [0.25, 0.3) is 0 Å². The third-order valence-electron chi connectivity index (χ3n) is 10.8. The maximum atomic E-state index is 13.1. The van der Waals surface area contributed by atoms with Gasteiger partial charge in [-0.15, -0.1) is 0 Å². The molecule has 6 nitrogen and oxygen atoms in total. The van der Waals surface area contributed by atoms with Gasteiger partial charge in [-0.3, -0.25) is 14.4 Å². The molecule has 0 aromatic heterocycles. The van der Waals surface area contributed by atoms with Gasteiger partial charge in [0, 0.05) is 25.7 Å². The molecule has 6 heteroatoms. The second-order valence-corrected chi connectivity index (χ2v) is 17.5. The Balaban J connectivity index is 2.60. The molecule has 0 N–H and O–H groups in total. The van der Waals surface area contributed by atoms with Crippen LogP contribution in [0.2, 0.25) is 0 Å². The second-order valence-electron chi connectivity index (χ2n) is 17.5. The standard InChI is InChI=1S/C68H94O6/c1-4-7-10-13-16-19-22-25-28-31-34-37-40-43-46-49-52-55-66(69)72-61-60-63-58-59-64(73-67(70)56-53-50-47-44-41-38-35-32-29-26-23-20-17-14-11-8-5-2)65(62-63)74-68(71)57-54-51-48-45-42-39-36-33-30-27-24-21-18-15-12-9-6-3/h7-12,16-21,25-30,34-39,43-48,58-59,62H,4-6,13-15,22-24,31-33,40-42,49-57,60-61H2,1-3H3/b10-7+,11-8+,12-9+,19-16+,20-17+,21-18+,28-25+,29-26+,30-27+,37-34+,38-35+,39-36+,46-43+,47-44-,48-45+. The van der Waals surface area contributed by atoms with Crippen molar-refractivity contribution in [3.63, 3.8) is 0 Å². The molecule has 0 amide bonds. The molecular formula is C68H94O6. The van der Waals surface area contributed by atoms with Crippen molar-refractivity contribution in [2.24, 2.45) is 0 Å². The Kier molecular flexibility index (Phi) is 47.1. The average molecular weight is 1010 g/mol. The van der Waals surface area contributed by atoms with Crippen molar-refractivity contribution in [3.05, 3.63) is 206 Å². The lowest BCUT2D eigenvalue weighted by molar-refractivity contribution is -0.143. The van der Waals surface area contributed by atoms with E-state index in [4.69, 9.17) is 14.2 Å². The van der Waals surface area contributed by atoms with Gasteiger partial charge >= 0.3 is 17.9 Å². The van der Waals surface area contributed by atoms with Gasteiger partial charge in [0.05, 0.1) is 6.61 Å². The van der Waals surface area contributed by atoms with Crippen molar-refractivity contribution in [1.82, 2.24) is 0 Å². The lowest BCUT2D eigenvalue weighted by Gasteiger charge is -2.13. The van der Waals surface area contributed by atoms with Gasteiger partial charge < -0.3 is 14.2 Å². The molecule has 402 valence electrons. The van der Waals surface area contributed by atoms with Crippen molar-refractivity contribution >= 4 is 17.9 Å². The molecule has 74 heavy (non-hydrogen) atoms. The summed E-state index contributed by atoms with van der Waals surface area (Å²) in [5.41, 5.74) is 0.802. The highest BCUT2D eigenvalue weighted by Crippen LogP contribution is 2.30. The predicted molar refractivity (Wildman–Crippen MR) is 317 cm³/mol. The van der Waals surface area contributed by atoms with Crippen LogP contribution in [0.3, 0.4) is 0 Å². The van der Waals surface area contributed by atoms with Crippen LogP contribution in [0.1, 0.15) is 180 Å². The first-order chi connectivity index (χ1) is 36.5. The monoisotopic (exact) mass is 1010 g/mol. The summed E-state index contributed by atoms with van der Waals surface area (Å²) in [6.45, 7) is 6.62. The smallest absolute Gasteiger partial charge is 0.311 e. The van der Waals surface area contributed by atoms with Gasteiger partial charge in [-0.25, -0.2) is 0 Å². The molecular weight excluding hydrogens is 913 g/mol. The molecule has 1 rings (SSSR count). The normalized spacial score (nSPS) is 13.0. The van der Waals surface area contributed by atoms with Crippen LogP contribution in [-0.4, -0.2) is 24.5 Å². The lowest BCUT2D eigenvalue weighted by atomic mass is 10.1. The van der Waals surface area contributed by atoms with Crippen LogP contribution in [0.15, 0.2) is 200 Å². The first-order valence-electron chi connectivity index (χ1n) is 27.9. The summed E-state index contributed by atoms with van der Waals surface area (Å²) >= 11 is 0. The Bertz CT molecular complexity index is 2050. The first-order valence-corrected chi connectivity index (χ1v) is 27.9. The summed E-state index contributed by atoms with van der Waals surface area (Å²) in [6.07, 6.45) is 84.9. The summed E-state index contributed by atoms with van der Waals surface area (Å²) in [4.78, 5) is 38.5. The summed E-state index contributed by atoms with van der Waals surface area (Å²) in [5, 5.41) is 0. The van der Waals surface area contributed by atoms with Gasteiger partial charge in [-0.05, 0) is 153 Å². The fourth-order valence-corrected chi connectivity index (χ4v) is 6.77. The minimum atomic E-state index is -0.399. The van der Waals surface area contributed by atoms with Gasteiger partial charge in [-0.1, -0.05) is 209 Å². The predicted octanol–water partition coefficient (Wildman–Crippen LogP) is 19.3. The van der Waals surface area contributed by atoms with E-state index in [0.29, 0.717) is 32.1 Å². The molecule has 1 aromatic carbocycles. The molecule has 0 heterocycles. The molecule has 0 aliphatic rings. The largest absolute Gasteiger partial charge is 0.465 e. The van der Waals surface area contributed by atoms with E-state index < -0.39 is 5.97 Å². The molecule has 0 spiro atoms. The number of allylic oxidation sites excluding steroid dienone is 30. The average Bonchev–Trinajstić information content (AvgIpc) is 3.39. The van der Waals surface area contributed by atoms with Gasteiger partial charge in [0.2, 0.25) is 0 Å². The molecule has 0 aliphatic heterocycles. The van der Waals surface area contributed by atoms with E-state index >= 15 is 0 Å². The molecule has 1 aromatic rings. The highest BCUT2D eigenvalue weighted by Gasteiger charge is 2.15. The Morgan fingerprint density at radius 1 is 0.338 bits per heavy atom. The molecule has 0 unspecified atom stereocenters. The number of esters is 3. The van der Waals surface area contributed by atoms with Crippen LogP contribution in [-0.2, 0) is 25.5 Å². The maximum absolute atomic E-state index is 13.1. The number of benzene rings is 1. The Morgan fingerprint density at radius 3 is 0.919 bits per heavy atom. The van der Waals surface area contributed by atoms with Crippen LogP contribution >= 0.6 is 0 Å². The Labute approximate surface area is 450 Å². The van der Waals surface area contributed by atoms with Crippen molar-refractivity contribution in [3.8, 4) is 11.5 Å². The van der Waals surface area contributed by atoms with Crippen molar-refractivity contribution < 1.29 is 28.6 Å². The zero-order valence-corrected chi connectivity index (χ0v) is 45.9. The number of carbonyl (C=O) groups excluding carboxylic acids is 3. The topological polar surface area (TPSA) is 78.9 Å². The molecule has 0 aliphatic carbocycles. The molecule has 0 fully saturated rings. The van der Waals surface area contributed by atoms with E-state index in [1.807, 2.05) is 6.07 Å². The first kappa shape index (κ1) is 65.7. The number of hydrogen-bond donors (Lipinski definition) is 0. The molecule has 0 saturated heterocycles. The van der Waals surface area contributed by atoms with E-state index in [-0.39, 0.29) is 42.9 Å². The Morgan fingerprint density at radius 2 is 0.608 bits per heavy atom. The van der Waals surface area contributed by atoms with Crippen molar-refractivity contribution in [1.29, 1.82) is 0 Å². The summed E-state index contributed by atoms with van der Waals surface area (Å²) in [7, 11) is 0. The maximum Gasteiger partial charge on any atom is 0.311 e. The highest BCUT2D eigenvalue weighted by molar-refractivity contribution is 5.76. The molecule has 0 bridgehead atoms. The van der Waals surface area contributed by atoms with E-state index in [0.717, 1.165) is 121 Å². The van der Waals surface area contributed by atoms with Crippen LogP contribution in [0.4, 0.5) is 0 Å². The number of unbranched alkanes of at least 4 members (excludes halogenated alkanes) is 3. The minimum Gasteiger partial charge on any atom is -0.465 e. The van der Waals surface area contributed by atoms with Crippen molar-refractivity contribution in [2.45, 2.75) is 181 Å². The molecule has 0 atom stereocenters. The molecule has 0 radical (unpaired) electrons. The third kappa shape index (κ3) is 45.6. The van der Waals surface area contributed by atoms with Crippen molar-refractivity contribution in [2.75, 3.05) is 6.61 Å². The summed E-state index contributed by atoms with van der Waals surface area (Å²) in [5.74, 6) is -0.640. The van der Waals surface area contributed by atoms with Gasteiger partial charge in [-0.2, -0.15) is 0 Å². The van der Waals surface area contributed by atoms with Gasteiger partial charge in [0.1, 0.15) is 0 Å². The molecule has 0 saturated carbocycles. The minimum absolute atomic E-state index is 0.191. The SMILES string of the molecule is CC/C=C/C/C=C/C/C=C/C/C=C/C/C=C\CCCC(=O)Oc1ccc(CCOC(=O)CCC/C=C/C/C=C/C/C=C/C/C=C/C/C=C/CC)cc1OC(=O)CCC/C=C/C/C=C/C/C=C/C/C=C/C/C=C/CC. The zero-order valence-electron chi connectivity index (χ0n) is 45.9. The van der Waals surface area contributed by atoms with E-state index in [2.05, 4.69) is 203 Å². The van der Waals surface area contributed by atoms with Crippen LogP contribution < -0.4 is 9.47 Å². The van der Waals surface area contributed by atoms with E-state index in [1.165, 1.54) is 0 Å². The number of hydrogen-bond acceptors (Lipinski definition) is 6. The summed E-state index contributed by atoms with van der Waals surface area (Å²) in [6, 6.07) is 5.17. The fraction of sp³-hybridized carbons (Fsp3) is 0.426. The highest BCUT2D eigenvalue weighted by atomic mass is 16.6. The van der Waals surface area contributed by atoms with E-state index in [9.17, 15) is 14.4 Å². The van der Waals surface area contributed by atoms with Gasteiger partial charge in [0.15, 0.2) is 11.5 Å². The quantitative estimate of drug-likeness (QED) is 0.0280. The fourth-order valence-electron chi connectivity index (χ4n) is 6.77. The number of ether oxygens (including phenoxy) is 3. The zero-order chi connectivity index (χ0) is 53.3. The summed E-state index contributed by atoms with van der Waals surface area (Å²) < 4.78 is 17.1. The van der Waals surface area contributed by atoms with Gasteiger partial charge in [0.25, 0.3) is 0 Å². The second kappa shape index (κ2) is 53.0. The number of carbonyl (C=O) groups is 3. The Hall–Kier alpha value is -6.27. The lowest BCUT2D eigenvalue weighted by Crippen LogP contribution is -2.12. The van der Waals surface area contributed by atoms with E-state index in [1.54, 1.807) is 12.1 Å². The number of rotatable bonds is 44.